The molecule has 1 N–H and O–H groups in total. The molecule has 184 valence electrons. The number of imidazole rings is 1. The summed E-state index contributed by atoms with van der Waals surface area (Å²) in [7, 11) is 0. The smallest absolute Gasteiger partial charge is 0.439 e. The van der Waals surface area contributed by atoms with E-state index in [0.717, 1.165) is 57.7 Å². The first-order chi connectivity index (χ1) is 18.0. The fourth-order valence-corrected chi connectivity index (χ4v) is 5.15. The maximum Gasteiger partial charge on any atom is 0.439 e. The topological polar surface area (TPSA) is 98.3 Å². The van der Waals surface area contributed by atoms with Crippen LogP contribution in [-0.2, 0) is 13.0 Å². The van der Waals surface area contributed by atoms with Crippen LogP contribution >= 0.6 is 0 Å². The SMILES string of the molecule is C/C(=C1/c2ccc(Cc3c(C4CC4)nc4cccnn34)cc2COc2cc(F)ccc21)c1noc(=O)[nH]1. The van der Waals surface area contributed by atoms with Crippen molar-refractivity contribution in [2.75, 3.05) is 0 Å². The minimum Gasteiger partial charge on any atom is -0.488 e. The van der Waals surface area contributed by atoms with Gasteiger partial charge in [-0.05, 0) is 66.3 Å². The number of aromatic amines is 1. The number of allylic oxidation sites excluding steroid dienone is 1. The van der Waals surface area contributed by atoms with Gasteiger partial charge in [0.2, 0.25) is 0 Å². The monoisotopic (exact) mass is 495 g/mol. The number of hydrogen-bond acceptors (Lipinski definition) is 6. The molecule has 1 aliphatic carbocycles. The summed E-state index contributed by atoms with van der Waals surface area (Å²) in [6.45, 7) is 2.12. The molecular weight excluding hydrogens is 473 g/mol. The molecule has 3 aromatic heterocycles. The third-order valence-electron chi connectivity index (χ3n) is 7.06. The molecule has 0 spiro atoms. The average Bonchev–Trinajstić information content (AvgIpc) is 3.59. The van der Waals surface area contributed by atoms with E-state index < -0.39 is 5.76 Å². The molecule has 4 heterocycles. The first kappa shape index (κ1) is 21.7. The second kappa shape index (κ2) is 8.26. The van der Waals surface area contributed by atoms with E-state index >= 15 is 0 Å². The Morgan fingerprint density at radius 3 is 2.84 bits per heavy atom. The molecule has 9 heteroatoms. The largest absolute Gasteiger partial charge is 0.488 e. The average molecular weight is 496 g/mol. The van der Waals surface area contributed by atoms with Gasteiger partial charge in [-0.2, -0.15) is 5.10 Å². The van der Waals surface area contributed by atoms with Gasteiger partial charge < -0.3 is 4.74 Å². The molecule has 0 saturated heterocycles. The molecule has 0 bridgehead atoms. The van der Waals surface area contributed by atoms with E-state index in [2.05, 4.69) is 33.4 Å². The Labute approximate surface area is 210 Å². The van der Waals surface area contributed by atoms with Crippen LogP contribution in [0.2, 0.25) is 0 Å². The molecule has 0 radical (unpaired) electrons. The molecule has 2 aromatic carbocycles. The Bertz CT molecular complexity index is 1780. The summed E-state index contributed by atoms with van der Waals surface area (Å²) >= 11 is 0. The number of nitrogens with zero attached hydrogens (tertiary/aromatic N) is 4. The quantitative estimate of drug-likeness (QED) is 0.382. The van der Waals surface area contributed by atoms with Gasteiger partial charge in [0, 0.05) is 35.7 Å². The fraction of sp³-hybridized carbons (Fsp3) is 0.214. The van der Waals surface area contributed by atoms with E-state index in [-0.39, 0.29) is 12.4 Å². The highest BCUT2D eigenvalue weighted by Crippen LogP contribution is 2.43. The number of H-pyrrole nitrogens is 1. The van der Waals surface area contributed by atoms with Crippen molar-refractivity contribution in [3.05, 3.63) is 111 Å². The van der Waals surface area contributed by atoms with Crippen LogP contribution in [0.3, 0.4) is 0 Å². The first-order valence-electron chi connectivity index (χ1n) is 12.2. The number of halogens is 1. The number of aromatic nitrogens is 5. The van der Waals surface area contributed by atoms with Gasteiger partial charge in [-0.25, -0.2) is 18.7 Å². The van der Waals surface area contributed by atoms with Gasteiger partial charge in [0.05, 0.1) is 11.4 Å². The summed E-state index contributed by atoms with van der Waals surface area (Å²) in [4.78, 5) is 19.1. The number of rotatable bonds is 4. The van der Waals surface area contributed by atoms with E-state index in [9.17, 15) is 9.18 Å². The molecule has 0 unspecified atom stereocenters. The Balaban J connectivity index is 1.36. The minimum atomic E-state index is -0.636. The Kier molecular flexibility index (Phi) is 4.85. The Hall–Kier alpha value is -4.53. The van der Waals surface area contributed by atoms with Gasteiger partial charge in [-0.15, -0.1) is 0 Å². The lowest BCUT2D eigenvalue weighted by Gasteiger charge is -2.14. The van der Waals surface area contributed by atoms with Crippen LogP contribution in [0.15, 0.2) is 64.0 Å². The summed E-state index contributed by atoms with van der Waals surface area (Å²) < 4.78 is 26.9. The van der Waals surface area contributed by atoms with Gasteiger partial charge in [0.25, 0.3) is 0 Å². The van der Waals surface area contributed by atoms with Gasteiger partial charge in [0.15, 0.2) is 11.5 Å². The van der Waals surface area contributed by atoms with E-state index in [1.165, 1.54) is 12.1 Å². The van der Waals surface area contributed by atoms with Gasteiger partial charge in [-0.3, -0.25) is 9.51 Å². The van der Waals surface area contributed by atoms with Gasteiger partial charge >= 0.3 is 5.76 Å². The highest BCUT2D eigenvalue weighted by atomic mass is 19.1. The summed E-state index contributed by atoms with van der Waals surface area (Å²) in [5.41, 5.74) is 8.27. The highest BCUT2D eigenvalue weighted by Gasteiger charge is 2.31. The number of benzene rings is 2. The van der Waals surface area contributed by atoms with Crippen molar-refractivity contribution in [1.82, 2.24) is 24.7 Å². The highest BCUT2D eigenvalue weighted by molar-refractivity contribution is 5.99. The fourth-order valence-electron chi connectivity index (χ4n) is 5.15. The maximum atomic E-state index is 14.1. The minimum absolute atomic E-state index is 0.270. The number of hydrogen-bond donors (Lipinski definition) is 1. The zero-order chi connectivity index (χ0) is 25.1. The number of fused-ring (bicyclic) bond motifs is 3. The summed E-state index contributed by atoms with van der Waals surface area (Å²) in [5, 5.41) is 8.44. The van der Waals surface area contributed by atoms with Crippen LogP contribution in [0.4, 0.5) is 4.39 Å². The molecule has 2 aliphatic rings. The van der Waals surface area contributed by atoms with Crippen molar-refractivity contribution in [2.45, 2.75) is 38.7 Å². The molecule has 1 saturated carbocycles. The molecule has 1 aliphatic heterocycles. The van der Waals surface area contributed by atoms with Crippen LogP contribution in [0.1, 0.15) is 65.1 Å². The predicted molar refractivity (Wildman–Crippen MR) is 134 cm³/mol. The van der Waals surface area contributed by atoms with Crippen molar-refractivity contribution in [2.24, 2.45) is 0 Å². The van der Waals surface area contributed by atoms with Crippen molar-refractivity contribution in [3.8, 4) is 5.75 Å². The Morgan fingerprint density at radius 2 is 2.03 bits per heavy atom. The summed E-state index contributed by atoms with van der Waals surface area (Å²) in [6, 6.07) is 14.6. The van der Waals surface area contributed by atoms with E-state index in [4.69, 9.17) is 14.2 Å². The summed E-state index contributed by atoms with van der Waals surface area (Å²) in [5.74, 6) is 0.220. The molecular formula is C28H22FN5O3. The van der Waals surface area contributed by atoms with Crippen LogP contribution in [0.5, 0.6) is 5.75 Å². The van der Waals surface area contributed by atoms with Crippen LogP contribution in [0.25, 0.3) is 16.8 Å². The van der Waals surface area contributed by atoms with Crippen LogP contribution < -0.4 is 10.5 Å². The molecule has 8 nitrogen and oxygen atoms in total. The van der Waals surface area contributed by atoms with E-state index in [1.807, 2.05) is 23.6 Å². The lowest BCUT2D eigenvalue weighted by Crippen LogP contribution is -2.03. The summed E-state index contributed by atoms with van der Waals surface area (Å²) in [6.07, 6.45) is 4.76. The van der Waals surface area contributed by atoms with Crippen molar-refractivity contribution in [1.29, 1.82) is 0 Å². The molecule has 7 rings (SSSR count). The zero-order valence-corrected chi connectivity index (χ0v) is 20.0. The van der Waals surface area contributed by atoms with Gasteiger partial charge in [-0.1, -0.05) is 23.4 Å². The lowest BCUT2D eigenvalue weighted by molar-refractivity contribution is 0.305. The molecule has 5 aromatic rings. The zero-order valence-electron chi connectivity index (χ0n) is 20.0. The molecule has 1 fully saturated rings. The van der Waals surface area contributed by atoms with E-state index in [0.29, 0.717) is 29.5 Å². The van der Waals surface area contributed by atoms with Crippen LogP contribution in [0, 0.1) is 5.82 Å². The maximum absolute atomic E-state index is 14.1. The van der Waals surface area contributed by atoms with E-state index in [1.54, 1.807) is 12.3 Å². The normalized spacial score (nSPS) is 16.2. The molecule has 0 atom stereocenters. The third kappa shape index (κ3) is 3.74. The first-order valence-corrected chi connectivity index (χ1v) is 12.2. The van der Waals surface area contributed by atoms with Crippen molar-refractivity contribution < 1.29 is 13.7 Å². The second-order valence-electron chi connectivity index (χ2n) is 9.55. The molecule has 37 heavy (non-hydrogen) atoms. The van der Waals surface area contributed by atoms with Crippen LogP contribution in [-0.4, -0.2) is 24.7 Å². The second-order valence-corrected chi connectivity index (χ2v) is 9.55. The standard InChI is InChI=1S/C28H22FN5O3/c1-15(27-32-28(35)37-33-27)25-20-8-4-16(11-18(20)14-36-23-13-19(29)7-9-21(23)25)12-22-26(17-5-6-17)31-24-3-2-10-30-34(22)24/h2-4,7-11,13,17H,5-6,12,14H2,1H3,(H,32,33,35)/b25-15+. The number of nitrogens with one attached hydrogen (secondary N) is 1. The lowest BCUT2D eigenvalue weighted by atomic mass is 9.89. The third-order valence-corrected chi connectivity index (χ3v) is 7.06. The number of ether oxygens (including phenoxy) is 1. The Morgan fingerprint density at radius 1 is 1.16 bits per heavy atom. The van der Waals surface area contributed by atoms with Crippen molar-refractivity contribution in [3.63, 3.8) is 0 Å². The molecule has 0 amide bonds. The predicted octanol–water partition coefficient (Wildman–Crippen LogP) is 4.88. The van der Waals surface area contributed by atoms with Crippen molar-refractivity contribution >= 4 is 16.8 Å². The van der Waals surface area contributed by atoms with Gasteiger partial charge in [0.1, 0.15) is 18.2 Å².